The molecule has 90 valence electrons. The normalized spacial score (nSPS) is 10.8. The number of rotatable bonds is 3. The van der Waals surface area contributed by atoms with E-state index in [1.165, 1.54) is 0 Å². The van der Waals surface area contributed by atoms with E-state index in [-0.39, 0.29) is 5.69 Å². The average Bonchev–Trinajstić information content (AvgIpc) is 2.64. The van der Waals surface area contributed by atoms with Crippen molar-refractivity contribution in [2.45, 2.75) is 26.7 Å². The van der Waals surface area contributed by atoms with Gasteiger partial charge in [0.05, 0.1) is 5.69 Å². The number of hydrogen-bond donors (Lipinski definition) is 1. The number of nitrogens with zero attached hydrogens (tertiary/aromatic N) is 2. The van der Waals surface area contributed by atoms with Gasteiger partial charge in [-0.05, 0) is 31.0 Å². The van der Waals surface area contributed by atoms with Gasteiger partial charge in [0.25, 0.3) is 0 Å². The van der Waals surface area contributed by atoms with Crippen molar-refractivity contribution in [3.05, 3.63) is 45.1 Å². The molecule has 0 aliphatic heterocycles. The maximum absolute atomic E-state index is 11.8. The Balaban J connectivity index is 2.63. The Labute approximate surface area is 104 Å². The summed E-state index contributed by atoms with van der Waals surface area (Å²) in [6, 6.07) is 5.49. The molecule has 2 aromatic rings. The summed E-state index contributed by atoms with van der Waals surface area (Å²) in [6.07, 6.45) is 1.69. The maximum Gasteiger partial charge on any atom is 0.347 e. The number of hydrogen-bond acceptors (Lipinski definition) is 2. The molecule has 0 bridgehead atoms. The molecule has 0 saturated heterocycles. The number of benzene rings is 1. The third kappa shape index (κ3) is 2.26. The van der Waals surface area contributed by atoms with Gasteiger partial charge in [0.1, 0.15) is 5.82 Å². The van der Waals surface area contributed by atoms with Gasteiger partial charge in [0.15, 0.2) is 0 Å². The highest BCUT2D eigenvalue weighted by atomic mass is 35.5. The first-order valence-corrected chi connectivity index (χ1v) is 5.94. The number of aromatic amines is 1. The minimum Gasteiger partial charge on any atom is -0.247 e. The molecule has 0 atom stereocenters. The molecule has 1 N–H and O–H groups in total. The highest BCUT2D eigenvalue weighted by Crippen LogP contribution is 2.19. The smallest absolute Gasteiger partial charge is 0.247 e. The number of nitrogens with one attached hydrogen (secondary N) is 1. The van der Waals surface area contributed by atoms with Gasteiger partial charge in [-0.3, -0.25) is 0 Å². The minimum atomic E-state index is -0.223. The van der Waals surface area contributed by atoms with E-state index >= 15 is 0 Å². The lowest BCUT2D eigenvalue weighted by molar-refractivity contribution is 0.796. The number of H-pyrrole nitrogens is 1. The standard InChI is InChI=1S/C12H14ClN3O/c1-3-4-11-14-15-12(17)16(11)10-7-9(13)6-5-8(10)2/h5-7H,3-4H2,1-2H3,(H,15,17). The second-order valence-electron chi connectivity index (χ2n) is 3.96. The van der Waals surface area contributed by atoms with Gasteiger partial charge in [0.2, 0.25) is 0 Å². The summed E-state index contributed by atoms with van der Waals surface area (Å²) < 4.78 is 1.59. The Kier molecular flexibility index (Phi) is 3.33. The van der Waals surface area contributed by atoms with Crippen molar-refractivity contribution in [1.29, 1.82) is 0 Å². The van der Waals surface area contributed by atoms with Crippen molar-refractivity contribution < 1.29 is 0 Å². The first kappa shape index (κ1) is 11.9. The molecule has 4 nitrogen and oxygen atoms in total. The van der Waals surface area contributed by atoms with Crippen LogP contribution in [0.5, 0.6) is 0 Å². The van der Waals surface area contributed by atoms with E-state index in [4.69, 9.17) is 11.6 Å². The lowest BCUT2D eigenvalue weighted by Gasteiger charge is -2.08. The fourth-order valence-corrected chi connectivity index (χ4v) is 1.96. The third-order valence-corrected chi connectivity index (χ3v) is 2.86. The molecule has 1 aromatic carbocycles. The van der Waals surface area contributed by atoms with Crippen LogP contribution >= 0.6 is 11.6 Å². The van der Waals surface area contributed by atoms with Crippen LogP contribution in [0.1, 0.15) is 24.7 Å². The molecule has 2 rings (SSSR count). The van der Waals surface area contributed by atoms with Crippen LogP contribution in [0.15, 0.2) is 23.0 Å². The van der Waals surface area contributed by atoms with Gasteiger partial charge in [-0.25, -0.2) is 14.5 Å². The molecule has 0 fully saturated rings. The molecule has 17 heavy (non-hydrogen) atoms. The van der Waals surface area contributed by atoms with Gasteiger partial charge < -0.3 is 0 Å². The van der Waals surface area contributed by atoms with Gasteiger partial charge in [0, 0.05) is 11.4 Å². The predicted molar refractivity (Wildman–Crippen MR) is 67.9 cm³/mol. The van der Waals surface area contributed by atoms with Gasteiger partial charge in [-0.15, -0.1) is 0 Å². The van der Waals surface area contributed by atoms with E-state index in [0.29, 0.717) is 5.02 Å². The van der Waals surface area contributed by atoms with Crippen LogP contribution in [0.3, 0.4) is 0 Å². The Morgan fingerprint density at radius 2 is 2.24 bits per heavy atom. The third-order valence-electron chi connectivity index (χ3n) is 2.63. The van der Waals surface area contributed by atoms with Crippen molar-refractivity contribution in [1.82, 2.24) is 14.8 Å². The van der Waals surface area contributed by atoms with Gasteiger partial charge in [-0.1, -0.05) is 24.6 Å². The summed E-state index contributed by atoms with van der Waals surface area (Å²) in [5.41, 5.74) is 1.56. The molecular formula is C12H14ClN3O. The Bertz CT molecular complexity index is 586. The molecule has 0 unspecified atom stereocenters. The van der Waals surface area contributed by atoms with E-state index in [0.717, 1.165) is 29.9 Å². The summed E-state index contributed by atoms with van der Waals surface area (Å²) >= 11 is 5.97. The lowest BCUT2D eigenvalue weighted by atomic mass is 10.2. The maximum atomic E-state index is 11.8. The molecule has 0 saturated carbocycles. The fraction of sp³-hybridized carbons (Fsp3) is 0.333. The second kappa shape index (κ2) is 4.75. The van der Waals surface area contributed by atoms with Crippen molar-refractivity contribution in [2.24, 2.45) is 0 Å². The average molecular weight is 252 g/mol. The Morgan fingerprint density at radius 3 is 2.94 bits per heavy atom. The number of aromatic nitrogens is 3. The Hall–Kier alpha value is -1.55. The molecule has 1 heterocycles. The zero-order valence-corrected chi connectivity index (χ0v) is 10.6. The SMILES string of the molecule is CCCc1n[nH]c(=O)n1-c1cc(Cl)ccc1C. The predicted octanol–water partition coefficient (Wildman–Crippen LogP) is 2.47. The zero-order valence-electron chi connectivity index (χ0n) is 9.83. The molecule has 0 aliphatic carbocycles. The Morgan fingerprint density at radius 1 is 1.47 bits per heavy atom. The summed E-state index contributed by atoms with van der Waals surface area (Å²) in [6.45, 7) is 4.00. The van der Waals surface area contributed by atoms with Gasteiger partial charge >= 0.3 is 5.69 Å². The van der Waals surface area contributed by atoms with Crippen LogP contribution in [0.4, 0.5) is 0 Å². The van der Waals surface area contributed by atoms with E-state index in [9.17, 15) is 4.79 Å². The van der Waals surface area contributed by atoms with Crippen LogP contribution in [0.2, 0.25) is 5.02 Å². The first-order chi connectivity index (χ1) is 8.13. The van der Waals surface area contributed by atoms with Crippen LogP contribution in [0, 0.1) is 6.92 Å². The summed E-state index contributed by atoms with van der Waals surface area (Å²) in [7, 11) is 0. The van der Waals surface area contributed by atoms with Crippen molar-refractivity contribution in [3.8, 4) is 5.69 Å². The molecule has 0 aliphatic rings. The first-order valence-electron chi connectivity index (χ1n) is 5.56. The van der Waals surface area contributed by atoms with Gasteiger partial charge in [-0.2, -0.15) is 5.10 Å². The minimum absolute atomic E-state index is 0.223. The number of aryl methyl sites for hydroxylation is 2. The largest absolute Gasteiger partial charge is 0.347 e. The van der Waals surface area contributed by atoms with Crippen LogP contribution in [-0.4, -0.2) is 14.8 Å². The fourth-order valence-electron chi connectivity index (χ4n) is 1.79. The van der Waals surface area contributed by atoms with Crippen molar-refractivity contribution >= 4 is 11.6 Å². The van der Waals surface area contributed by atoms with E-state index in [2.05, 4.69) is 10.2 Å². The topological polar surface area (TPSA) is 50.7 Å². The number of halogens is 1. The monoisotopic (exact) mass is 251 g/mol. The molecular weight excluding hydrogens is 238 g/mol. The highest BCUT2D eigenvalue weighted by Gasteiger charge is 2.11. The van der Waals surface area contributed by atoms with Crippen LogP contribution in [-0.2, 0) is 6.42 Å². The lowest BCUT2D eigenvalue weighted by Crippen LogP contribution is -2.17. The molecule has 0 spiro atoms. The highest BCUT2D eigenvalue weighted by molar-refractivity contribution is 6.30. The molecule has 5 heteroatoms. The second-order valence-corrected chi connectivity index (χ2v) is 4.40. The summed E-state index contributed by atoms with van der Waals surface area (Å²) in [5, 5.41) is 7.13. The van der Waals surface area contributed by atoms with Crippen LogP contribution < -0.4 is 5.69 Å². The quantitative estimate of drug-likeness (QED) is 0.911. The molecule has 0 amide bonds. The van der Waals surface area contributed by atoms with E-state index in [1.807, 2.05) is 26.0 Å². The zero-order chi connectivity index (χ0) is 12.4. The molecule has 1 aromatic heterocycles. The van der Waals surface area contributed by atoms with Crippen LogP contribution in [0.25, 0.3) is 5.69 Å². The molecule has 0 radical (unpaired) electrons. The summed E-state index contributed by atoms with van der Waals surface area (Å²) in [5.74, 6) is 0.739. The van der Waals surface area contributed by atoms with Crippen molar-refractivity contribution in [3.63, 3.8) is 0 Å². The summed E-state index contributed by atoms with van der Waals surface area (Å²) in [4.78, 5) is 11.8. The van der Waals surface area contributed by atoms with E-state index < -0.39 is 0 Å². The van der Waals surface area contributed by atoms with E-state index in [1.54, 1.807) is 10.6 Å². The van der Waals surface area contributed by atoms with Crippen molar-refractivity contribution in [2.75, 3.05) is 0 Å².